The molecule has 0 bridgehead atoms. The molecule has 2 rings (SSSR count). The molecule has 0 spiro atoms. The van der Waals surface area contributed by atoms with Crippen molar-refractivity contribution >= 4 is 23.7 Å². The normalized spacial score (nSPS) is 10.9. The van der Waals surface area contributed by atoms with E-state index in [1.165, 1.54) is 28.7 Å². The smallest absolute Gasteiger partial charge is 0.269 e. The van der Waals surface area contributed by atoms with E-state index in [9.17, 15) is 4.79 Å². The van der Waals surface area contributed by atoms with Crippen molar-refractivity contribution in [1.29, 1.82) is 0 Å². The fourth-order valence-corrected chi connectivity index (χ4v) is 2.41. The van der Waals surface area contributed by atoms with Crippen LogP contribution < -0.4 is 0 Å². The molecule has 1 amide bonds. The Balaban J connectivity index is 2.13. The number of hydroxylamine groups is 2. The van der Waals surface area contributed by atoms with Crippen LogP contribution in [-0.4, -0.2) is 31.4 Å². The second-order valence-corrected chi connectivity index (χ2v) is 5.59. The van der Waals surface area contributed by atoms with E-state index in [2.05, 4.69) is 42.7 Å². The minimum atomic E-state index is -0.195. The maximum absolute atomic E-state index is 11.6. The number of rotatable bonds is 5. The molecular weight excluding hydrogens is 294 g/mol. The first-order valence-corrected chi connectivity index (χ1v) is 8.11. The number of nitrogens with zero attached hydrogens (tertiary/aromatic N) is 1. The van der Waals surface area contributed by atoms with E-state index < -0.39 is 0 Å². The van der Waals surface area contributed by atoms with Crippen molar-refractivity contribution in [2.75, 3.05) is 20.4 Å². The highest BCUT2D eigenvalue weighted by Gasteiger charge is 2.02. The average Bonchev–Trinajstić information content (AvgIpc) is 2.59. The maximum Gasteiger partial charge on any atom is 0.269 e. The van der Waals surface area contributed by atoms with E-state index >= 15 is 0 Å². The van der Waals surface area contributed by atoms with E-state index in [0.29, 0.717) is 0 Å². The molecule has 0 saturated heterocycles. The van der Waals surface area contributed by atoms with Gasteiger partial charge in [-0.15, -0.1) is 11.8 Å². The molecule has 0 atom stereocenters. The quantitative estimate of drug-likeness (QED) is 0.473. The van der Waals surface area contributed by atoms with Crippen molar-refractivity contribution in [1.82, 2.24) is 5.06 Å². The van der Waals surface area contributed by atoms with Crippen molar-refractivity contribution in [2.45, 2.75) is 4.90 Å². The number of amides is 1. The fourth-order valence-electron chi connectivity index (χ4n) is 1.95. The third kappa shape index (κ3) is 4.23. The topological polar surface area (TPSA) is 29.5 Å². The summed E-state index contributed by atoms with van der Waals surface area (Å²) in [7, 11) is 3.04. The van der Waals surface area contributed by atoms with Gasteiger partial charge in [0.1, 0.15) is 0 Å². The van der Waals surface area contributed by atoms with Gasteiger partial charge in [0.05, 0.1) is 7.11 Å². The van der Waals surface area contributed by atoms with Gasteiger partial charge in [-0.2, -0.15) is 0 Å². The van der Waals surface area contributed by atoms with Gasteiger partial charge in [-0.3, -0.25) is 9.63 Å². The van der Waals surface area contributed by atoms with Gasteiger partial charge in [-0.25, -0.2) is 5.06 Å². The Hall–Kier alpha value is -2.04. The number of hydrogen-bond donors (Lipinski definition) is 0. The number of hydrogen-bond acceptors (Lipinski definition) is 3. The molecule has 0 aliphatic carbocycles. The van der Waals surface area contributed by atoms with Crippen molar-refractivity contribution in [2.24, 2.45) is 0 Å². The first-order chi connectivity index (χ1) is 10.6. The molecule has 2 aromatic carbocycles. The monoisotopic (exact) mass is 313 g/mol. The van der Waals surface area contributed by atoms with Gasteiger partial charge in [0.15, 0.2) is 0 Å². The SMILES string of the molecule is CON(C)C(=O)C=Cc1ccc(-c2cccc(SC)c2)cc1. The zero-order valence-corrected chi connectivity index (χ0v) is 13.8. The van der Waals surface area contributed by atoms with E-state index in [-0.39, 0.29) is 5.91 Å². The van der Waals surface area contributed by atoms with Crippen LogP contribution in [0.2, 0.25) is 0 Å². The van der Waals surface area contributed by atoms with Crippen LogP contribution in [0.25, 0.3) is 17.2 Å². The highest BCUT2D eigenvalue weighted by molar-refractivity contribution is 7.98. The molecule has 0 aliphatic heterocycles. The van der Waals surface area contributed by atoms with E-state index in [1.807, 2.05) is 12.1 Å². The Morgan fingerprint density at radius 1 is 1.14 bits per heavy atom. The van der Waals surface area contributed by atoms with Crippen LogP contribution in [0.5, 0.6) is 0 Å². The van der Waals surface area contributed by atoms with Gasteiger partial charge >= 0.3 is 0 Å². The molecule has 22 heavy (non-hydrogen) atoms. The molecule has 0 aromatic heterocycles. The van der Waals surface area contributed by atoms with Gasteiger partial charge in [-0.1, -0.05) is 36.4 Å². The molecule has 0 unspecified atom stereocenters. The minimum Gasteiger partial charge on any atom is -0.274 e. The second kappa shape index (κ2) is 7.82. The summed E-state index contributed by atoms with van der Waals surface area (Å²) in [6.45, 7) is 0. The Kier molecular flexibility index (Phi) is 5.81. The summed E-state index contributed by atoms with van der Waals surface area (Å²) in [5, 5.41) is 1.18. The lowest BCUT2D eigenvalue weighted by molar-refractivity contribution is -0.162. The summed E-state index contributed by atoms with van der Waals surface area (Å²) in [5.41, 5.74) is 3.33. The standard InChI is InChI=1S/C18H19NO2S/c1-19(21-2)18(20)12-9-14-7-10-15(11-8-14)16-5-4-6-17(13-16)22-3/h4-13H,1-3H3. The van der Waals surface area contributed by atoms with Crippen LogP contribution >= 0.6 is 11.8 Å². The van der Waals surface area contributed by atoms with Crippen LogP contribution in [0.4, 0.5) is 0 Å². The number of carbonyl (C=O) groups is 1. The summed E-state index contributed by atoms with van der Waals surface area (Å²) in [5.74, 6) is -0.195. The maximum atomic E-state index is 11.6. The molecule has 0 radical (unpaired) electrons. The fraction of sp³-hybridized carbons (Fsp3) is 0.167. The summed E-state index contributed by atoms with van der Waals surface area (Å²) in [6.07, 6.45) is 5.34. The Bertz CT molecular complexity index is 665. The lowest BCUT2D eigenvalue weighted by Crippen LogP contribution is -2.22. The summed E-state index contributed by atoms with van der Waals surface area (Å²) in [4.78, 5) is 17.7. The van der Waals surface area contributed by atoms with Crippen LogP contribution in [-0.2, 0) is 9.63 Å². The van der Waals surface area contributed by atoms with Crippen molar-refractivity contribution < 1.29 is 9.63 Å². The number of carbonyl (C=O) groups excluding carboxylic acids is 1. The Morgan fingerprint density at radius 2 is 1.86 bits per heavy atom. The van der Waals surface area contributed by atoms with Crippen LogP contribution in [0.15, 0.2) is 59.5 Å². The Labute approximate surface area is 135 Å². The summed E-state index contributed by atoms with van der Waals surface area (Å²) in [6, 6.07) is 16.5. The number of benzene rings is 2. The van der Waals surface area contributed by atoms with Gasteiger partial charge < -0.3 is 0 Å². The lowest BCUT2D eigenvalue weighted by atomic mass is 10.0. The molecule has 0 fully saturated rings. The number of thioether (sulfide) groups is 1. The zero-order valence-electron chi connectivity index (χ0n) is 12.9. The summed E-state index contributed by atoms with van der Waals surface area (Å²) >= 11 is 1.73. The zero-order chi connectivity index (χ0) is 15.9. The van der Waals surface area contributed by atoms with Crippen molar-refractivity contribution in [3.8, 4) is 11.1 Å². The van der Waals surface area contributed by atoms with E-state index in [4.69, 9.17) is 4.84 Å². The number of likely N-dealkylation sites (N-methyl/N-ethyl adjacent to an activating group) is 1. The first kappa shape index (κ1) is 16.3. The molecule has 114 valence electrons. The molecule has 4 heteroatoms. The van der Waals surface area contributed by atoms with E-state index in [0.717, 1.165) is 11.1 Å². The lowest BCUT2D eigenvalue weighted by Gasteiger charge is -2.10. The van der Waals surface area contributed by atoms with Crippen LogP contribution in [0.3, 0.4) is 0 Å². The highest BCUT2D eigenvalue weighted by Crippen LogP contribution is 2.24. The predicted molar refractivity (Wildman–Crippen MR) is 92.5 cm³/mol. The van der Waals surface area contributed by atoms with Gasteiger partial charge in [0.2, 0.25) is 0 Å². The second-order valence-electron chi connectivity index (χ2n) is 4.71. The van der Waals surface area contributed by atoms with Gasteiger partial charge in [0, 0.05) is 18.0 Å². The highest BCUT2D eigenvalue weighted by atomic mass is 32.2. The van der Waals surface area contributed by atoms with Crippen molar-refractivity contribution in [3.63, 3.8) is 0 Å². The molecule has 3 nitrogen and oxygen atoms in total. The third-order valence-electron chi connectivity index (χ3n) is 3.32. The molecular formula is C18H19NO2S. The summed E-state index contributed by atoms with van der Waals surface area (Å²) < 4.78 is 0. The van der Waals surface area contributed by atoms with Crippen LogP contribution in [0.1, 0.15) is 5.56 Å². The molecule has 0 aliphatic rings. The molecule has 2 aromatic rings. The molecule has 0 heterocycles. The van der Waals surface area contributed by atoms with E-state index in [1.54, 1.807) is 24.9 Å². The van der Waals surface area contributed by atoms with Gasteiger partial charge in [0.25, 0.3) is 5.91 Å². The first-order valence-electron chi connectivity index (χ1n) is 6.88. The molecule has 0 saturated carbocycles. The molecule has 0 N–H and O–H groups in total. The van der Waals surface area contributed by atoms with Crippen molar-refractivity contribution in [3.05, 3.63) is 60.2 Å². The predicted octanol–water partition coefficient (Wildman–Crippen LogP) is 4.11. The average molecular weight is 313 g/mol. The Morgan fingerprint density at radius 3 is 2.50 bits per heavy atom. The minimum absolute atomic E-state index is 0.195. The van der Waals surface area contributed by atoms with Crippen LogP contribution in [0, 0.1) is 0 Å². The largest absolute Gasteiger partial charge is 0.274 e. The van der Waals surface area contributed by atoms with Gasteiger partial charge in [-0.05, 0) is 41.2 Å². The third-order valence-corrected chi connectivity index (χ3v) is 4.04.